The summed E-state index contributed by atoms with van der Waals surface area (Å²) >= 11 is 0. The number of nitrogens with one attached hydrogen (secondary N) is 2. The van der Waals surface area contributed by atoms with Gasteiger partial charge in [-0.2, -0.15) is 0 Å². The molecule has 0 unspecified atom stereocenters. The Labute approximate surface area is 98.9 Å². The number of anilines is 1. The van der Waals surface area contributed by atoms with Gasteiger partial charge in [0.05, 0.1) is 22.9 Å². The number of hydrogen-bond donors (Lipinski definition) is 3. The van der Waals surface area contributed by atoms with E-state index in [2.05, 4.69) is 15.3 Å². The van der Waals surface area contributed by atoms with Crippen molar-refractivity contribution in [1.29, 1.82) is 5.41 Å². The first kappa shape index (κ1) is 11.1. The average molecular weight is 227 g/mol. The molecule has 0 spiro atoms. The summed E-state index contributed by atoms with van der Waals surface area (Å²) in [6, 6.07) is 5.39. The van der Waals surface area contributed by atoms with Crippen LogP contribution < -0.4 is 11.1 Å². The fourth-order valence-corrected chi connectivity index (χ4v) is 1.51. The Hall–Kier alpha value is -2.43. The normalized spacial score (nSPS) is 11.5. The van der Waals surface area contributed by atoms with E-state index in [-0.39, 0.29) is 0 Å². The monoisotopic (exact) mass is 227 g/mol. The van der Waals surface area contributed by atoms with E-state index in [1.54, 1.807) is 31.6 Å². The molecule has 0 atom stereocenters. The van der Waals surface area contributed by atoms with Crippen molar-refractivity contribution in [3.8, 4) is 0 Å². The molecule has 2 rings (SSSR count). The lowest BCUT2D eigenvalue weighted by atomic mass is 10.2. The van der Waals surface area contributed by atoms with Crippen LogP contribution in [0.15, 0.2) is 30.6 Å². The first-order valence-corrected chi connectivity index (χ1v) is 5.15. The summed E-state index contributed by atoms with van der Waals surface area (Å²) < 4.78 is 0. The molecule has 0 saturated heterocycles. The first-order valence-electron chi connectivity index (χ1n) is 5.15. The fourth-order valence-electron chi connectivity index (χ4n) is 1.51. The Balaban J connectivity index is 2.57. The van der Waals surface area contributed by atoms with Gasteiger partial charge >= 0.3 is 0 Å². The van der Waals surface area contributed by atoms with Crippen molar-refractivity contribution in [3.63, 3.8) is 0 Å². The topological polar surface area (TPSA) is 87.7 Å². The highest BCUT2D eigenvalue weighted by molar-refractivity contribution is 6.07. The van der Waals surface area contributed by atoms with Crippen molar-refractivity contribution >= 4 is 28.5 Å². The zero-order valence-corrected chi connectivity index (χ0v) is 9.44. The molecule has 0 bridgehead atoms. The van der Waals surface area contributed by atoms with Crippen LogP contribution in [0, 0.1) is 5.41 Å². The maximum absolute atomic E-state index is 7.33. The smallest absolute Gasteiger partial charge is 0.0922 e. The minimum Gasteiger partial charge on any atom is -0.399 e. The lowest BCUT2D eigenvalue weighted by Crippen LogP contribution is -2.00. The van der Waals surface area contributed by atoms with E-state index in [4.69, 9.17) is 11.1 Å². The second-order valence-corrected chi connectivity index (χ2v) is 3.54. The van der Waals surface area contributed by atoms with Crippen molar-refractivity contribution in [2.45, 2.75) is 0 Å². The molecular weight excluding hydrogens is 214 g/mol. The van der Waals surface area contributed by atoms with Crippen molar-refractivity contribution < 1.29 is 0 Å². The van der Waals surface area contributed by atoms with Gasteiger partial charge in [-0.25, -0.2) is 4.98 Å². The number of rotatable bonds is 3. The van der Waals surface area contributed by atoms with Crippen LogP contribution in [0.25, 0.3) is 16.6 Å². The van der Waals surface area contributed by atoms with Gasteiger partial charge in [0.2, 0.25) is 0 Å². The number of fused-ring (bicyclic) bond motifs is 1. The van der Waals surface area contributed by atoms with E-state index < -0.39 is 0 Å². The SMILES string of the molecule is CN/C=C(\C=N)c1cnc2ccc(N)cc2n1. The van der Waals surface area contributed by atoms with Gasteiger partial charge in [-0.3, -0.25) is 4.98 Å². The number of benzene rings is 1. The summed E-state index contributed by atoms with van der Waals surface area (Å²) in [5.74, 6) is 0. The molecule has 0 radical (unpaired) electrons. The molecule has 1 heterocycles. The van der Waals surface area contributed by atoms with Crippen LogP contribution in [0.5, 0.6) is 0 Å². The standard InChI is InChI=1S/C12H13N5/c1-15-6-8(5-13)12-7-16-10-3-2-9(14)4-11(10)17-12/h2-7,13,15H,14H2,1H3/b8-6+,13-5?. The van der Waals surface area contributed by atoms with Gasteiger partial charge in [0.1, 0.15) is 0 Å². The first-order chi connectivity index (χ1) is 8.24. The van der Waals surface area contributed by atoms with Gasteiger partial charge in [-0.1, -0.05) is 0 Å². The van der Waals surface area contributed by atoms with Crippen LogP contribution in [-0.4, -0.2) is 23.2 Å². The van der Waals surface area contributed by atoms with Crippen molar-refractivity contribution in [1.82, 2.24) is 15.3 Å². The second kappa shape index (κ2) is 4.61. The van der Waals surface area contributed by atoms with E-state index in [0.717, 1.165) is 11.0 Å². The molecule has 0 aliphatic rings. The summed E-state index contributed by atoms with van der Waals surface area (Å²) in [4.78, 5) is 8.71. The third-order valence-corrected chi connectivity index (χ3v) is 2.32. The Morgan fingerprint density at radius 3 is 2.94 bits per heavy atom. The number of allylic oxidation sites excluding steroid dienone is 1. The van der Waals surface area contributed by atoms with Crippen LogP contribution in [0.3, 0.4) is 0 Å². The molecule has 5 nitrogen and oxygen atoms in total. The summed E-state index contributed by atoms with van der Waals surface area (Å²) in [5, 5.41) is 10.2. The average Bonchev–Trinajstić information content (AvgIpc) is 2.35. The summed E-state index contributed by atoms with van der Waals surface area (Å²) in [7, 11) is 1.77. The van der Waals surface area contributed by atoms with Crippen LogP contribution in [0.2, 0.25) is 0 Å². The largest absolute Gasteiger partial charge is 0.399 e. The number of nitrogen functional groups attached to an aromatic ring is 1. The Morgan fingerprint density at radius 2 is 2.24 bits per heavy atom. The molecule has 1 aromatic carbocycles. The van der Waals surface area contributed by atoms with Crippen LogP contribution >= 0.6 is 0 Å². The third-order valence-electron chi connectivity index (χ3n) is 2.32. The molecule has 0 saturated carbocycles. The lowest BCUT2D eigenvalue weighted by Gasteiger charge is -2.03. The lowest BCUT2D eigenvalue weighted by molar-refractivity contribution is 1.10. The van der Waals surface area contributed by atoms with Gasteiger partial charge < -0.3 is 16.5 Å². The van der Waals surface area contributed by atoms with E-state index in [0.29, 0.717) is 17.0 Å². The van der Waals surface area contributed by atoms with Gasteiger partial charge in [0, 0.05) is 30.7 Å². The predicted octanol–water partition coefficient (Wildman–Crippen LogP) is 1.42. The number of hydrogen-bond acceptors (Lipinski definition) is 5. The molecule has 0 aliphatic carbocycles. The van der Waals surface area contributed by atoms with Gasteiger partial charge in [-0.15, -0.1) is 0 Å². The number of nitrogens with zero attached hydrogens (tertiary/aromatic N) is 2. The Kier molecular flexibility index (Phi) is 3.00. The van der Waals surface area contributed by atoms with Crippen LogP contribution in [-0.2, 0) is 0 Å². The Morgan fingerprint density at radius 1 is 1.41 bits per heavy atom. The van der Waals surface area contributed by atoms with E-state index in [1.165, 1.54) is 6.21 Å². The minimum absolute atomic E-state index is 0.646. The molecular formula is C12H13N5. The van der Waals surface area contributed by atoms with Crippen molar-refractivity contribution in [3.05, 3.63) is 36.3 Å². The summed E-state index contributed by atoms with van der Waals surface area (Å²) in [6.45, 7) is 0. The maximum Gasteiger partial charge on any atom is 0.0922 e. The molecule has 0 amide bonds. The summed E-state index contributed by atoms with van der Waals surface area (Å²) in [6.07, 6.45) is 4.58. The number of nitrogens with two attached hydrogens (primary N) is 1. The van der Waals surface area contributed by atoms with Crippen molar-refractivity contribution in [2.24, 2.45) is 0 Å². The van der Waals surface area contributed by atoms with E-state index >= 15 is 0 Å². The zero-order valence-electron chi connectivity index (χ0n) is 9.44. The molecule has 2 aromatic rings. The van der Waals surface area contributed by atoms with E-state index in [1.807, 2.05) is 6.07 Å². The van der Waals surface area contributed by atoms with Gasteiger partial charge in [0.25, 0.3) is 0 Å². The molecule has 4 N–H and O–H groups in total. The molecule has 0 fully saturated rings. The van der Waals surface area contributed by atoms with Crippen LogP contribution in [0.1, 0.15) is 5.69 Å². The molecule has 17 heavy (non-hydrogen) atoms. The third kappa shape index (κ3) is 2.23. The second-order valence-electron chi connectivity index (χ2n) is 3.54. The van der Waals surface area contributed by atoms with Crippen molar-refractivity contribution in [2.75, 3.05) is 12.8 Å². The molecule has 5 heteroatoms. The molecule has 0 aliphatic heterocycles. The summed E-state index contributed by atoms with van der Waals surface area (Å²) in [5.41, 5.74) is 9.19. The number of aromatic nitrogens is 2. The predicted molar refractivity (Wildman–Crippen MR) is 69.8 cm³/mol. The molecule has 86 valence electrons. The highest BCUT2D eigenvalue weighted by atomic mass is 14.8. The quantitative estimate of drug-likeness (QED) is 0.546. The van der Waals surface area contributed by atoms with Gasteiger partial charge in [-0.05, 0) is 18.2 Å². The maximum atomic E-state index is 7.33. The van der Waals surface area contributed by atoms with Crippen LogP contribution in [0.4, 0.5) is 5.69 Å². The fraction of sp³-hybridized carbons (Fsp3) is 0.0833. The minimum atomic E-state index is 0.646. The Bertz CT molecular complexity index is 588. The van der Waals surface area contributed by atoms with E-state index in [9.17, 15) is 0 Å². The van der Waals surface area contributed by atoms with Gasteiger partial charge in [0.15, 0.2) is 0 Å². The highest BCUT2D eigenvalue weighted by Crippen LogP contribution is 2.16. The zero-order chi connectivity index (χ0) is 12.3. The highest BCUT2D eigenvalue weighted by Gasteiger charge is 2.03. The molecule has 1 aromatic heterocycles.